The third-order valence-electron chi connectivity index (χ3n) is 3.59. The van der Waals surface area contributed by atoms with E-state index in [4.69, 9.17) is 16.3 Å². The molecule has 2 amide bonds. The highest BCUT2D eigenvalue weighted by molar-refractivity contribution is 6.32. The number of hydrazine groups is 1. The Morgan fingerprint density at radius 2 is 1.78 bits per heavy atom. The van der Waals surface area contributed by atoms with Crippen LogP contribution in [-0.4, -0.2) is 28.2 Å². The van der Waals surface area contributed by atoms with Gasteiger partial charge in [0.2, 0.25) is 0 Å². The molecule has 0 spiro atoms. The average molecular weight is 385 g/mol. The maximum absolute atomic E-state index is 12.1. The van der Waals surface area contributed by atoms with E-state index in [-0.39, 0.29) is 6.61 Å². The lowest BCUT2D eigenvalue weighted by Gasteiger charge is -2.09. The Bertz CT molecular complexity index is 927. The van der Waals surface area contributed by atoms with Crippen molar-refractivity contribution in [3.8, 4) is 5.75 Å². The van der Waals surface area contributed by atoms with Gasteiger partial charge < -0.3 is 4.74 Å². The van der Waals surface area contributed by atoms with E-state index in [9.17, 15) is 9.59 Å². The molecule has 0 aliphatic heterocycles. The van der Waals surface area contributed by atoms with E-state index in [0.29, 0.717) is 22.9 Å². The Hall–Kier alpha value is -3.32. The van der Waals surface area contributed by atoms with Gasteiger partial charge in [0.25, 0.3) is 11.8 Å². The fourth-order valence-corrected chi connectivity index (χ4v) is 2.47. The van der Waals surface area contributed by atoms with E-state index in [1.165, 1.54) is 6.20 Å². The first kappa shape index (κ1) is 18.5. The third kappa shape index (κ3) is 5.32. The van der Waals surface area contributed by atoms with Crippen molar-refractivity contribution in [2.75, 3.05) is 6.61 Å². The molecule has 3 aromatic rings. The highest BCUT2D eigenvalue weighted by atomic mass is 35.5. The zero-order valence-electron chi connectivity index (χ0n) is 14.3. The lowest BCUT2D eigenvalue weighted by atomic mass is 10.2. The van der Waals surface area contributed by atoms with Gasteiger partial charge >= 0.3 is 0 Å². The van der Waals surface area contributed by atoms with Crippen LogP contribution in [0.15, 0.2) is 67.0 Å². The molecule has 0 saturated heterocycles. The summed E-state index contributed by atoms with van der Waals surface area (Å²) in [7, 11) is 0. The fraction of sp³-hybridized carbons (Fsp3) is 0.105. The van der Waals surface area contributed by atoms with Crippen molar-refractivity contribution in [3.05, 3.63) is 83.1 Å². The van der Waals surface area contributed by atoms with Gasteiger partial charge in [0, 0.05) is 6.20 Å². The Balaban J connectivity index is 1.46. The van der Waals surface area contributed by atoms with Gasteiger partial charge in [-0.25, -0.2) is 0 Å². The van der Waals surface area contributed by atoms with Crippen molar-refractivity contribution in [2.45, 2.75) is 6.54 Å². The summed E-state index contributed by atoms with van der Waals surface area (Å²) in [5.74, 6) is -0.594. The molecular formula is C19H17ClN4O3. The Kier molecular flexibility index (Phi) is 6.06. The quantitative estimate of drug-likeness (QED) is 0.639. The number of ether oxygens (including phenoxy) is 1. The number of nitrogens with zero attached hydrogens (tertiary/aromatic N) is 2. The standard InChI is InChI=1S/C19H17ClN4O3/c20-16-8-4-5-9-17(16)27-13-18(25)22-23-19(26)15-10-21-24(12-15)11-14-6-2-1-3-7-14/h1-10,12H,11,13H2,(H,22,25)(H,23,26). The minimum Gasteiger partial charge on any atom is -0.482 e. The van der Waals surface area contributed by atoms with Crippen molar-refractivity contribution in [3.63, 3.8) is 0 Å². The van der Waals surface area contributed by atoms with Crippen LogP contribution in [0.3, 0.4) is 0 Å². The number of nitrogens with one attached hydrogen (secondary N) is 2. The highest BCUT2D eigenvalue weighted by Crippen LogP contribution is 2.22. The van der Waals surface area contributed by atoms with Gasteiger partial charge in [0.15, 0.2) is 6.61 Å². The van der Waals surface area contributed by atoms with Gasteiger partial charge in [-0.2, -0.15) is 5.10 Å². The summed E-state index contributed by atoms with van der Waals surface area (Å²) in [6, 6.07) is 16.6. The zero-order valence-corrected chi connectivity index (χ0v) is 15.0. The van der Waals surface area contributed by atoms with E-state index >= 15 is 0 Å². The molecule has 0 bridgehead atoms. The highest BCUT2D eigenvalue weighted by Gasteiger charge is 2.11. The van der Waals surface area contributed by atoms with Crippen LogP contribution in [0.2, 0.25) is 5.02 Å². The number of carbonyl (C=O) groups excluding carboxylic acids is 2. The molecule has 0 radical (unpaired) electrons. The van der Waals surface area contributed by atoms with E-state index in [1.54, 1.807) is 35.1 Å². The first-order chi connectivity index (χ1) is 13.1. The second kappa shape index (κ2) is 8.86. The van der Waals surface area contributed by atoms with Crippen LogP contribution in [0.1, 0.15) is 15.9 Å². The average Bonchev–Trinajstić information content (AvgIpc) is 3.15. The van der Waals surface area contributed by atoms with E-state index in [1.807, 2.05) is 30.3 Å². The number of hydrogen-bond donors (Lipinski definition) is 2. The monoisotopic (exact) mass is 384 g/mol. The van der Waals surface area contributed by atoms with Crippen molar-refractivity contribution >= 4 is 23.4 Å². The summed E-state index contributed by atoms with van der Waals surface area (Å²) in [6.07, 6.45) is 3.04. The van der Waals surface area contributed by atoms with Gasteiger partial charge in [0.05, 0.1) is 23.3 Å². The van der Waals surface area contributed by atoms with Crippen LogP contribution in [-0.2, 0) is 11.3 Å². The van der Waals surface area contributed by atoms with Crippen LogP contribution >= 0.6 is 11.6 Å². The maximum Gasteiger partial charge on any atom is 0.276 e. The first-order valence-corrected chi connectivity index (χ1v) is 8.52. The molecule has 138 valence electrons. The minimum absolute atomic E-state index is 0.280. The van der Waals surface area contributed by atoms with Gasteiger partial charge in [-0.1, -0.05) is 54.1 Å². The van der Waals surface area contributed by atoms with E-state index in [2.05, 4.69) is 16.0 Å². The minimum atomic E-state index is -0.514. The van der Waals surface area contributed by atoms with Crippen molar-refractivity contribution in [1.29, 1.82) is 0 Å². The van der Waals surface area contributed by atoms with Crippen molar-refractivity contribution in [1.82, 2.24) is 20.6 Å². The smallest absolute Gasteiger partial charge is 0.276 e. The molecule has 2 N–H and O–H groups in total. The second-order valence-corrected chi connectivity index (χ2v) is 6.04. The summed E-state index contributed by atoms with van der Waals surface area (Å²) in [5.41, 5.74) is 6.01. The summed E-state index contributed by atoms with van der Waals surface area (Å²) in [4.78, 5) is 23.9. The molecule has 0 aliphatic carbocycles. The number of hydrogen-bond acceptors (Lipinski definition) is 4. The number of aromatic nitrogens is 2. The molecule has 0 atom stereocenters. The maximum atomic E-state index is 12.1. The fourth-order valence-electron chi connectivity index (χ4n) is 2.28. The molecule has 8 heteroatoms. The third-order valence-corrected chi connectivity index (χ3v) is 3.91. The molecule has 1 heterocycles. The Labute approximate surface area is 160 Å². The number of para-hydroxylation sites is 1. The lowest BCUT2D eigenvalue weighted by Crippen LogP contribution is -2.43. The predicted octanol–water partition coefficient (Wildman–Crippen LogP) is 2.42. The zero-order chi connectivity index (χ0) is 19.1. The molecule has 1 aromatic heterocycles. The number of carbonyl (C=O) groups is 2. The van der Waals surface area contributed by atoms with E-state index < -0.39 is 11.8 Å². The number of benzene rings is 2. The van der Waals surface area contributed by atoms with Crippen LogP contribution in [0.5, 0.6) is 5.75 Å². The summed E-state index contributed by atoms with van der Waals surface area (Å²) < 4.78 is 6.94. The summed E-state index contributed by atoms with van der Waals surface area (Å²) in [5, 5.41) is 4.55. The van der Waals surface area contributed by atoms with Crippen molar-refractivity contribution < 1.29 is 14.3 Å². The molecule has 0 unspecified atom stereocenters. The van der Waals surface area contributed by atoms with Crippen LogP contribution in [0, 0.1) is 0 Å². The number of amides is 2. The molecular weight excluding hydrogens is 368 g/mol. The molecule has 0 fully saturated rings. The largest absolute Gasteiger partial charge is 0.482 e. The molecule has 7 nitrogen and oxygen atoms in total. The normalized spacial score (nSPS) is 10.3. The van der Waals surface area contributed by atoms with E-state index in [0.717, 1.165) is 5.56 Å². The van der Waals surface area contributed by atoms with Crippen LogP contribution in [0.25, 0.3) is 0 Å². The molecule has 2 aromatic carbocycles. The topological polar surface area (TPSA) is 85.2 Å². The second-order valence-electron chi connectivity index (χ2n) is 5.63. The van der Waals surface area contributed by atoms with Crippen LogP contribution in [0.4, 0.5) is 0 Å². The molecule has 3 rings (SSSR count). The van der Waals surface area contributed by atoms with Gasteiger partial charge in [-0.05, 0) is 17.7 Å². The SMILES string of the molecule is O=C(COc1ccccc1Cl)NNC(=O)c1cnn(Cc2ccccc2)c1. The van der Waals surface area contributed by atoms with Crippen LogP contribution < -0.4 is 15.6 Å². The number of halogens is 1. The number of rotatable bonds is 6. The molecule has 27 heavy (non-hydrogen) atoms. The Morgan fingerprint density at radius 1 is 1.04 bits per heavy atom. The summed E-state index contributed by atoms with van der Waals surface area (Å²) in [6.45, 7) is 0.267. The summed E-state index contributed by atoms with van der Waals surface area (Å²) >= 11 is 5.94. The lowest BCUT2D eigenvalue weighted by molar-refractivity contribution is -0.123. The molecule has 0 saturated carbocycles. The van der Waals surface area contributed by atoms with Gasteiger partial charge in [-0.15, -0.1) is 0 Å². The predicted molar refractivity (Wildman–Crippen MR) is 100 cm³/mol. The Morgan fingerprint density at radius 3 is 2.56 bits per heavy atom. The molecule has 0 aliphatic rings. The first-order valence-electron chi connectivity index (χ1n) is 8.15. The van der Waals surface area contributed by atoms with Gasteiger partial charge in [-0.3, -0.25) is 25.1 Å². The van der Waals surface area contributed by atoms with Crippen molar-refractivity contribution in [2.24, 2.45) is 0 Å². The van der Waals surface area contributed by atoms with Gasteiger partial charge in [0.1, 0.15) is 5.75 Å².